The van der Waals surface area contributed by atoms with Crippen molar-refractivity contribution in [2.45, 2.75) is 25.9 Å². The van der Waals surface area contributed by atoms with Gasteiger partial charge in [-0.2, -0.15) is 0 Å². The van der Waals surface area contributed by atoms with Gasteiger partial charge in [0.05, 0.1) is 0 Å². The molecule has 1 aromatic carbocycles. The molecule has 0 unspecified atom stereocenters. The lowest BCUT2D eigenvalue weighted by Gasteiger charge is -2.21. The molecule has 0 amide bonds. The lowest BCUT2D eigenvalue weighted by atomic mass is 10.1. The highest BCUT2D eigenvalue weighted by Gasteiger charge is 2.08. The monoisotopic (exact) mass is 313 g/mol. The van der Waals surface area contributed by atoms with E-state index in [1.54, 1.807) is 0 Å². The summed E-state index contributed by atoms with van der Waals surface area (Å²) >= 11 is 0. The van der Waals surface area contributed by atoms with Crippen LogP contribution in [0.4, 0.5) is 0 Å². The number of benzene rings is 1. The maximum Gasteiger partial charge on any atom is 0.0237 e. The maximum absolute atomic E-state index is 3.89. The van der Waals surface area contributed by atoms with E-state index in [4.69, 9.17) is 0 Å². The molecule has 2 aliphatic rings. The maximum atomic E-state index is 3.89. The Bertz CT molecular complexity index is 423. The third-order valence-corrected chi connectivity index (χ3v) is 4.27. The summed E-state index contributed by atoms with van der Waals surface area (Å²) in [6.07, 6.45) is 6.37. The van der Waals surface area contributed by atoms with Gasteiger partial charge >= 0.3 is 0 Å². The quantitative estimate of drug-likeness (QED) is 0.862. The number of hydrogen-bond acceptors (Lipinski definition) is 3. The van der Waals surface area contributed by atoms with E-state index in [2.05, 4.69) is 52.5 Å². The van der Waals surface area contributed by atoms with Gasteiger partial charge in [-0.1, -0.05) is 36.4 Å². The predicted molar refractivity (Wildman–Crippen MR) is 99.5 cm³/mol. The van der Waals surface area contributed by atoms with E-state index in [0.717, 1.165) is 52.4 Å². The van der Waals surface area contributed by atoms with E-state index in [1.165, 1.54) is 24.0 Å². The number of nitrogens with one attached hydrogen (secondary N) is 1. The summed E-state index contributed by atoms with van der Waals surface area (Å²) in [5, 5.41) is 3.57. The van der Waals surface area contributed by atoms with E-state index >= 15 is 0 Å². The fraction of sp³-hybridized carbons (Fsp3) is 0.500. The van der Waals surface area contributed by atoms with Crippen molar-refractivity contribution in [3.63, 3.8) is 0 Å². The third kappa shape index (κ3) is 6.69. The van der Waals surface area contributed by atoms with Crippen molar-refractivity contribution in [2.24, 2.45) is 0 Å². The second-order valence-corrected chi connectivity index (χ2v) is 6.32. The minimum Gasteiger partial charge on any atom is -0.317 e. The minimum atomic E-state index is 0.953. The Balaban J connectivity index is 2.06. The van der Waals surface area contributed by atoms with Crippen LogP contribution in [0.15, 0.2) is 49.6 Å². The first kappa shape index (κ1) is 17.9. The second-order valence-electron chi connectivity index (χ2n) is 6.32. The Morgan fingerprint density at radius 1 is 0.826 bits per heavy atom. The molecule has 0 fully saturated rings. The molecule has 0 aromatic heterocycles. The SMILES string of the molecule is C=CCN1CCCNCCCN(CC=C)Cc2ccc(cc2)C1. The van der Waals surface area contributed by atoms with Crippen molar-refractivity contribution in [2.75, 3.05) is 39.3 Å². The van der Waals surface area contributed by atoms with Gasteiger partial charge in [0, 0.05) is 39.3 Å². The van der Waals surface area contributed by atoms with Crippen LogP contribution < -0.4 is 5.32 Å². The Kier molecular flexibility index (Phi) is 8.08. The Hall–Kier alpha value is -1.42. The molecule has 3 heteroatoms. The molecule has 3 rings (SSSR count). The molecule has 23 heavy (non-hydrogen) atoms. The zero-order valence-corrected chi connectivity index (χ0v) is 14.3. The van der Waals surface area contributed by atoms with Gasteiger partial charge in [0.1, 0.15) is 0 Å². The topological polar surface area (TPSA) is 18.5 Å². The van der Waals surface area contributed by atoms with Crippen LogP contribution in [-0.2, 0) is 13.1 Å². The van der Waals surface area contributed by atoms with Gasteiger partial charge in [0.2, 0.25) is 0 Å². The van der Waals surface area contributed by atoms with Crippen molar-refractivity contribution in [1.29, 1.82) is 0 Å². The summed E-state index contributed by atoms with van der Waals surface area (Å²) in [7, 11) is 0. The fourth-order valence-electron chi connectivity index (χ4n) is 3.08. The molecule has 0 saturated heterocycles. The fourth-order valence-corrected chi connectivity index (χ4v) is 3.08. The first-order chi connectivity index (χ1) is 11.3. The molecule has 126 valence electrons. The number of nitrogens with zero attached hydrogens (tertiary/aromatic N) is 2. The minimum absolute atomic E-state index is 0.953. The van der Waals surface area contributed by atoms with Crippen LogP contribution in [0, 0.1) is 0 Å². The summed E-state index contributed by atoms with van der Waals surface area (Å²) in [6.45, 7) is 16.1. The molecule has 0 atom stereocenters. The normalized spacial score (nSPS) is 19.0. The number of fused-ring (bicyclic) bond motifs is 12. The Morgan fingerprint density at radius 3 is 1.65 bits per heavy atom. The summed E-state index contributed by atoms with van der Waals surface area (Å²) in [5.41, 5.74) is 2.77. The van der Waals surface area contributed by atoms with Crippen LogP contribution in [0.25, 0.3) is 0 Å². The molecule has 2 aliphatic heterocycles. The largest absolute Gasteiger partial charge is 0.317 e. The molecule has 2 heterocycles. The lowest BCUT2D eigenvalue weighted by molar-refractivity contribution is 0.283. The highest BCUT2D eigenvalue weighted by Crippen LogP contribution is 2.11. The van der Waals surface area contributed by atoms with E-state index in [-0.39, 0.29) is 0 Å². The highest BCUT2D eigenvalue weighted by molar-refractivity contribution is 5.22. The Labute approximate surface area is 141 Å². The van der Waals surface area contributed by atoms with Crippen LogP contribution in [-0.4, -0.2) is 49.1 Å². The van der Waals surface area contributed by atoms with Crippen molar-refractivity contribution >= 4 is 0 Å². The molecule has 3 nitrogen and oxygen atoms in total. The van der Waals surface area contributed by atoms with E-state index in [9.17, 15) is 0 Å². The average Bonchev–Trinajstić information content (AvgIpc) is 2.56. The van der Waals surface area contributed by atoms with Gasteiger partial charge in [-0.25, -0.2) is 0 Å². The van der Waals surface area contributed by atoms with Crippen LogP contribution in [0.2, 0.25) is 0 Å². The molecule has 0 radical (unpaired) electrons. The summed E-state index contributed by atoms with van der Waals surface area (Å²) < 4.78 is 0. The lowest BCUT2D eigenvalue weighted by Crippen LogP contribution is -2.29. The molecule has 0 aliphatic carbocycles. The van der Waals surface area contributed by atoms with Gasteiger partial charge in [0.25, 0.3) is 0 Å². The van der Waals surface area contributed by atoms with E-state index in [1.807, 2.05) is 12.2 Å². The van der Waals surface area contributed by atoms with Gasteiger partial charge < -0.3 is 5.32 Å². The summed E-state index contributed by atoms with van der Waals surface area (Å²) in [6, 6.07) is 9.09. The van der Waals surface area contributed by atoms with Crippen molar-refractivity contribution in [1.82, 2.24) is 15.1 Å². The van der Waals surface area contributed by atoms with Crippen LogP contribution in [0.1, 0.15) is 24.0 Å². The van der Waals surface area contributed by atoms with Gasteiger partial charge in [-0.05, 0) is 37.1 Å². The average molecular weight is 313 g/mol. The van der Waals surface area contributed by atoms with Crippen LogP contribution in [0.5, 0.6) is 0 Å². The predicted octanol–water partition coefficient (Wildman–Crippen LogP) is 3.05. The highest BCUT2D eigenvalue weighted by atomic mass is 15.1. The van der Waals surface area contributed by atoms with Crippen molar-refractivity contribution < 1.29 is 0 Å². The zero-order chi connectivity index (χ0) is 16.3. The van der Waals surface area contributed by atoms with Gasteiger partial charge in [-0.15, -0.1) is 13.2 Å². The van der Waals surface area contributed by atoms with E-state index < -0.39 is 0 Å². The van der Waals surface area contributed by atoms with Crippen LogP contribution >= 0.6 is 0 Å². The zero-order valence-electron chi connectivity index (χ0n) is 14.3. The number of rotatable bonds is 4. The Morgan fingerprint density at radius 2 is 1.26 bits per heavy atom. The van der Waals surface area contributed by atoms with Crippen molar-refractivity contribution in [3.05, 3.63) is 60.7 Å². The van der Waals surface area contributed by atoms with Crippen molar-refractivity contribution in [3.8, 4) is 0 Å². The third-order valence-electron chi connectivity index (χ3n) is 4.27. The number of hydrogen-bond donors (Lipinski definition) is 1. The molecular weight excluding hydrogens is 282 g/mol. The first-order valence-electron chi connectivity index (χ1n) is 8.77. The van der Waals surface area contributed by atoms with Gasteiger partial charge in [-0.3, -0.25) is 9.80 Å². The standard InChI is InChI=1S/C20H31N3/c1-3-13-22-15-5-11-21-12-6-16-23(14-4-2)18-20-9-7-19(17-22)8-10-20/h3-4,7-10,21H,1-2,5-6,11-18H2. The second kappa shape index (κ2) is 10.4. The first-order valence-corrected chi connectivity index (χ1v) is 8.77. The molecule has 0 saturated carbocycles. The molecular formula is C20H31N3. The van der Waals surface area contributed by atoms with E-state index in [0.29, 0.717) is 0 Å². The molecule has 1 N–H and O–H groups in total. The smallest absolute Gasteiger partial charge is 0.0237 e. The summed E-state index contributed by atoms with van der Waals surface area (Å²) in [5.74, 6) is 0. The molecule has 0 spiro atoms. The van der Waals surface area contributed by atoms with Crippen LogP contribution in [0.3, 0.4) is 0 Å². The van der Waals surface area contributed by atoms with Gasteiger partial charge in [0.15, 0.2) is 0 Å². The molecule has 1 aromatic rings. The molecule has 2 bridgehead atoms. The summed E-state index contributed by atoms with van der Waals surface area (Å²) in [4.78, 5) is 4.93.